The van der Waals surface area contributed by atoms with Gasteiger partial charge in [-0.15, -0.1) is 0 Å². The van der Waals surface area contributed by atoms with Crippen molar-refractivity contribution in [3.8, 4) is 17.1 Å². The van der Waals surface area contributed by atoms with E-state index in [9.17, 15) is 17.2 Å². The van der Waals surface area contributed by atoms with E-state index in [0.29, 0.717) is 16.3 Å². The predicted octanol–water partition coefficient (Wildman–Crippen LogP) is 3.78. The molecule has 1 heterocycles. The number of alkyl halides is 2. The van der Waals surface area contributed by atoms with Crippen LogP contribution in [0.5, 0.6) is 0 Å². The maximum absolute atomic E-state index is 13.1. The average Bonchev–Trinajstić information content (AvgIpc) is 3.00. The summed E-state index contributed by atoms with van der Waals surface area (Å²) in [5.41, 5.74) is 0.670. The first kappa shape index (κ1) is 17.5. The van der Waals surface area contributed by atoms with Crippen LogP contribution in [0.3, 0.4) is 0 Å². The Bertz CT molecular complexity index is 1000. The molecule has 9 heteroatoms. The van der Waals surface area contributed by atoms with Crippen molar-refractivity contribution in [3.05, 3.63) is 65.4 Å². The molecule has 0 saturated heterocycles. The zero-order valence-electron chi connectivity index (χ0n) is 12.6. The first-order chi connectivity index (χ1) is 11.8. The van der Waals surface area contributed by atoms with E-state index in [2.05, 4.69) is 4.98 Å². The summed E-state index contributed by atoms with van der Waals surface area (Å²) in [5, 5.41) is 5.57. The third kappa shape index (κ3) is 3.71. The van der Waals surface area contributed by atoms with Gasteiger partial charge in [0.15, 0.2) is 0 Å². The number of sulfonamides is 1. The lowest BCUT2D eigenvalue weighted by molar-refractivity contribution is 0.146. The number of imidazole rings is 1. The summed E-state index contributed by atoms with van der Waals surface area (Å²) >= 11 is 5.86. The molecular weight excluding hydrogens is 372 g/mol. The summed E-state index contributed by atoms with van der Waals surface area (Å²) in [4.78, 5) is 3.91. The molecule has 0 unspecified atom stereocenters. The monoisotopic (exact) mass is 383 g/mol. The molecule has 0 aliphatic heterocycles. The topological polar surface area (TPSA) is 78.0 Å². The number of benzene rings is 2. The van der Waals surface area contributed by atoms with Gasteiger partial charge in [0.2, 0.25) is 10.0 Å². The minimum atomic E-state index is -3.84. The Balaban J connectivity index is 2.13. The molecule has 0 saturated carbocycles. The van der Waals surface area contributed by atoms with Gasteiger partial charge >= 0.3 is 0 Å². The highest BCUT2D eigenvalue weighted by Gasteiger charge is 2.18. The van der Waals surface area contributed by atoms with Gasteiger partial charge in [-0.25, -0.2) is 27.3 Å². The zero-order chi connectivity index (χ0) is 18.2. The standard InChI is InChI=1S/C16H12ClF2N3O2S/c17-11-3-1-10(2-4-11)16-21-14(15(18)19)9-22(16)12-5-7-13(8-6-12)25(20,23)24/h1-9,15H,(H2,20,23,24). The second-order valence-electron chi connectivity index (χ2n) is 5.21. The Morgan fingerprint density at radius 2 is 1.64 bits per heavy atom. The van der Waals surface area contributed by atoms with Crippen molar-refractivity contribution < 1.29 is 17.2 Å². The van der Waals surface area contributed by atoms with Crippen LogP contribution in [0.15, 0.2) is 59.6 Å². The van der Waals surface area contributed by atoms with Crippen molar-refractivity contribution in [2.24, 2.45) is 5.14 Å². The number of nitrogens with zero attached hydrogens (tertiary/aromatic N) is 2. The van der Waals surface area contributed by atoms with E-state index >= 15 is 0 Å². The first-order valence-corrected chi connectivity index (χ1v) is 8.95. The van der Waals surface area contributed by atoms with Crippen molar-refractivity contribution >= 4 is 21.6 Å². The van der Waals surface area contributed by atoms with Gasteiger partial charge in [-0.05, 0) is 48.5 Å². The molecule has 0 radical (unpaired) electrons. The molecule has 3 rings (SSSR count). The van der Waals surface area contributed by atoms with Gasteiger partial charge in [-0.2, -0.15) is 0 Å². The summed E-state index contributed by atoms with van der Waals surface area (Å²) in [6, 6.07) is 12.1. The molecule has 0 atom stereocenters. The van der Waals surface area contributed by atoms with E-state index in [0.717, 1.165) is 0 Å². The molecule has 0 aliphatic carbocycles. The van der Waals surface area contributed by atoms with Crippen LogP contribution < -0.4 is 5.14 Å². The molecule has 3 aromatic rings. The van der Waals surface area contributed by atoms with Crippen LogP contribution in [-0.2, 0) is 10.0 Å². The third-order valence-corrected chi connectivity index (χ3v) is 4.68. The van der Waals surface area contributed by atoms with Gasteiger partial charge in [0.05, 0.1) is 4.90 Å². The molecule has 0 fully saturated rings. The Labute approximate surface area is 147 Å². The van der Waals surface area contributed by atoms with E-state index < -0.39 is 16.4 Å². The summed E-state index contributed by atoms with van der Waals surface area (Å²) in [6.45, 7) is 0. The van der Waals surface area contributed by atoms with Crippen LogP contribution in [0, 0.1) is 0 Å². The minimum Gasteiger partial charge on any atom is -0.299 e. The molecule has 25 heavy (non-hydrogen) atoms. The number of primary sulfonamides is 1. The van der Waals surface area contributed by atoms with Crippen LogP contribution in [0.1, 0.15) is 12.1 Å². The fourth-order valence-corrected chi connectivity index (χ4v) is 2.94. The van der Waals surface area contributed by atoms with Crippen molar-refractivity contribution in [1.82, 2.24) is 9.55 Å². The highest BCUT2D eigenvalue weighted by Crippen LogP contribution is 2.28. The molecule has 0 bridgehead atoms. The quantitative estimate of drug-likeness (QED) is 0.744. The van der Waals surface area contributed by atoms with E-state index in [4.69, 9.17) is 16.7 Å². The normalized spacial score (nSPS) is 11.9. The predicted molar refractivity (Wildman–Crippen MR) is 90.3 cm³/mol. The number of aromatic nitrogens is 2. The van der Waals surface area contributed by atoms with Crippen LogP contribution >= 0.6 is 11.6 Å². The fraction of sp³-hybridized carbons (Fsp3) is 0.0625. The molecule has 5 nitrogen and oxygen atoms in total. The molecule has 1 aromatic heterocycles. The summed E-state index contributed by atoms with van der Waals surface area (Å²) < 4.78 is 50.3. The van der Waals surface area contributed by atoms with Crippen LogP contribution in [0.2, 0.25) is 5.02 Å². The maximum atomic E-state index is 13.1. The molecular formula is C16H12ClF2N3O2S. The number of rotatable bonds is 4. The number of nitrogens with two attached hydrogens (primary N) is 1. The van der Waals surface area contributed by atoms with E-state index in [1.165, 1.54) is 35.0 Å². The third-order valence-electron chi connectivity index (χ3n) is 3.49. The minimum absolute atomic E-state index is 0.0708. The Morgan fingerprint density at radius 1 is 1.04 bits per heavy atom. The van der Waals surface area contributed by atoms with Gasteiger partial charge in [0.25, 0.3) is 6.43 Å². The van der Waals surface area contributed by atoms with Gasteiger partial charge in [0, 0.05) is 22.5 Å². The zero-order valence-corrected chi connectivity index (χ0v) is 14.2. The largest absolute Gasteiger partial charge is 0.299 e. The second-order valence-corrected chi connectivity index (χ2v) is 7.20. The van der Waals surface area contributed by atoms with Crippen LogP contribution in [0.25, 0.3) is 17.1 Å². The fourth-order valence-electron chi connectivity index (χ4n) is 2.30. The maximum Gasteiger partial charge on any atom is 0.281 e. The van der Waals surface area contributed by atoms with Crippen molar-refractivity contribution in [2.75, 3.05) is 0 Å². The van der Waals surface area contributed by atoms with Crippen LogP contribution in [-0.4, -0.2) is 18.0 Å². The highest BCUT2D eigenvalue weighted by atomic mass is 35.5. The summed E-state index contributed by atoms with van der Waals surface area (Å²) in [5.74, 6) is 0.287. The molecule has 0 spiro atoms. The smallest absolute Gasteiger partial charge is 0.281 e. The van der Waals surface area contributed by atoms with E-state index in [1.54, 1.807) is 24.3 Å². The Morgan fingerprint density at radius 3 is 2.16 bits per heavy atom. The average molecular weight is 384 g/mol. The number of hydrogen-bond donors (Lipinski definition) is 1. The SMILES string of the molecule is NS(=O)(=O)c1ccc(-n2cc(C(F)F)nc2-c2ccc(Cl)cc2)cc1. The van der Waals surface area contributed by atoms with Crippen molar-refractivity contribution in [3.63, 3.8) is 0 Å². The second kappa shape index (κ2) is 6.55. The lowest BCUT2D eigenvalue weighted by atomic mass is 10.2. The number of halogens is 3. The molecule has 2 N–H and O–H groups in total. The summed E-state index contributed by atoms with van der Waals surface area (Å²) in [7, 11) is -3.84. The molecule has 0 aliphatic rings. The molecule has 2 aromatic carbocycles. The number of hydrogen-bond acceptors (Lipinski definition) is 3. The molecule has 0 amide bonds. The first-order valence-electron chi connectivity index (χ1n) is 7.02. The van der Waals surface area contributed by atoms with E-state index in [1.807, 2.05) is 0 Å². The van der Waals surface area contributed by atoms with Gasteiger partial charge < -0.3 is 0 Å². The molecule has 130 valence electrons. The van der Waals surface area contributed by atoms with E-state index in [-0.39, 0.29) is 16.4 Å². The summed E-state index contributed by atoms with van der Waals surface area (Å²) in [6.07, 6.45) is -1.53. The van der Waals surface area contributed by atoms with Crippen molar-refractivity contribution in [2.45, 2.75) is 11.3 Å². The van der Waals surface area contributed by atoms with Crippen molar-refractivity contribution in [1.29, 1.82) is 0 Å². The lowest BCUT2D eigenvalue weighted by Gasteiger charge is -2.08. The van der Waals surface area contributed by atoms with Gasteiger partial charge in [-0.1, -0.05) is 11.6 Å². The highest BCUT2D eigenvalue weighted by molar-refractivity contribution is 7.89. The lowest BCUT2D eigenvalue weighted by Crippen LogP contribution is -2.12. The van der Waals surface area contributed by atoms with Crippen LogP contribution in [0.4, 0.5) is 8.78 Å². The Hall–Kier alpha value is -2.29. The Kier molecular flexibility index (Phi) is 4.59. The van der Waals surface area contributed by atoms with Gasteiger partial charge in [0.1, 0.15) is 11.5 Å². The van der Waals surface area contributed by atoms with Gasteiger partial charge in [-0.3, -0.25) is 4.57 Å².